The second-order valence-corrected chi connectivity index (χ2v) is 8.50. The van der Waals surface area contributed by atoms with Crippen LogP contribution in [0.1, 0.15) is 42.4 Å². The third-order valence-corrected chi connectivity index (χ3v) is 5.98. The predicted molar refractivity (Wildman–Crippen MR) is 114 cm³/mol. The van der Waals surface area contributed by atoms with Gasteiger partial charge in [0.2, 0.25) is 0 Å². The Labute approximate surface area is 195 Å². The Balaban J connectivity index is 1.76. The fourth-order valence-electron chi connectivity index (χ4n) is 4.40. The van der Waals surface area contributed by atoms with E-state index >= 15 is 0 Å². The van der Waals surface area contributed by atoms with Crippen LogP contribution in [0.4, 0.5) is 26.3 Å². The molecular weight excluding hydrogens is 480 g/mol. The van der Waals surface area contributed by atoms with Gasteiger partial charge in [-0.3, -0.25) is 0 Å². The highest BCUT2D eigenvalue weighted by molar-refractivity contribution is 5.84. The van der Waals surface area contributed by atoms with Gasteiger partial charge in [-0.25, -0.2) is 4.79 Å². The Morgan fingerprint density at radius 2 is 1.60 bits per heavy atom. The Morgan fingerprint density at radius 1 is 0.971 bits per heavy atom. The van der Waals surface area contributed by atoms with Crippen LogP contribution in [0, 0.1) is 5.92 Å². The zero-order chi connectivity index (χ0) is 25.4. The zero-order valence-electron chi connectivity index (χ0n) is 18.2. The van der Waals surface area contributed by atoms with Gasteiger partial charge < -0.3 is 19.6 Å². The molecule has 1 heterocycles. The number of rotatable bonds is 7. The van der Waals surface area contributed by atoms with Crippen LogP contribution in [0.15, 0.2) is 36.5 Å². The minimum absolute atomic E-state index is 0.194. The summed E-state index contributed by atoms with van der Waals surface area (Å²) in [4.78, 5) is 13.7. The maximum absolute atomic E-state index is 13.8. The quantitative estimate of drug-likeness (QED) is 0.336. The van der Waals surface area contributed by atoms with Gasteiger partial charge in [0.15, 0.2) is 12.4 Å². The molecule has 1 saturated carbocycles. The van der Waals surface area contributed by atoms with Gasteiger partial charge in [0, 0.05) is 17.1 Å². The predicted octanol–water partition coefficient (Wildman–Crippen LogP) is 7.19. The van der Waals surface area contributed by atoms with Crippen molar-refractivity contribution in [2.24, 2.45) is 5.92 Å². The molecule has 1 aliphatic rings. The van der Waals surface area contributed by atoms with E-state index in [9.17, 15) is 31.1 Å². The van der Waals surface area contributed by atoms with E-state index in [1.807, 2.05) is 0 Å². The fraction of sp³-hybridized carbons (Fsp3) is 0.375. The van der Waals surface area contributed by atoms with Crippen LogP contribution in [0.5, 0.6) is 17.2 Å². The van der Waals surface area contributed by atoms with Crippen molar-refractivity contribution in [3.63, 3.8) is 0 Å². The number of hydrogen-bond acceptors (Lipinski definition) is 3. The molecule has 0 spiro atoms. The lowest BCUT2D eigenvalue weighted by Gasteiger charge is -2.20. The van der Waals surface area contributed by atoms with Gasteiger partial charge in [-0.2, -0.15) is 26.3 Å². The Hall–Kier alpha value is -3.37. The molecule has 0 radical (unpaired) electrons. The van der Waals surface area contributed by atoms with Crippen LogP contribution in [0.3, 0.4) is 0 Å². The number of benzene rings is 2. The minimum Gasteiger partial charge on any atom is -0.482 e. The van der Waals surface area contributed by atoms with E-state index in [1.165, 1.54) is 18.2 Å². The largest absolute Gasteiger partial charge is 0.482 e. The van der Waals surface area contributed by atoms with Crippen LogP contribution in [-0.2, 0) is 23.6 Å². The molecule has 2 N–H and O–H groups in total. The molecule has 188 valence electrons. The number of halogens is 6. The number of hydrogen-bond donors (Lipinski definition) is 2. The van der Waals surface area contributed by atoms with E-state index < -0.39 is 47.6 Å². The standard InChI is InChI=1S/C24H21F6NO4/c25-23(26,27)18-9-16(34-12-21(32)33)10-19(24(28,29)30)22(18)35-15-5-6-20-17(8-15)14(11-31-20)7-13-3-1-2-4-13/h5-6,8-11,13,31H,1-4,7,12H2,(H,32,33). The van der Waals surface area contributed by atoms with Crippen molar-refractivity contribution >= 4 is 16.9 Å². The molecule has 3 aromatic rings. The highest BCUT2D eigenvalue weighted by atomic mass is 19.4. The average Bonchev–Trinajstić information content (AvgIpc) is 3.41. The normalized spacial score (nSPS) is 15.0. The summed E-state index contributed by atoms with van der Waals surface area (Å²) in [5.74, 6) is -3.59. The van der Waals surface area contributed by atoms with Crippen LogP contribution < -0.4 is 9.47 Å². The van der Waals surface area contributed by atoms with Gasteiger partial charge in [-0.05, 0) is 48.2 Å². The molecule has 1 aliphatic carbocycles. The van der Waals surface area contributed by atoms with Gasteiger partial charge in [0.1, 0.15) is 22.6 Å². The second kappa shape index (κ2) is 9.35. The first-order valence-electron chi connectivity index (χ1n) is 10.9. The second-order valence-electron chi connectivity index (χ2n) is 8.50. The maximum Gasteiger partial charge on any atom is 0.420 e. The Bertz CT molecular complexity index is 1190. The summed E-state index contributed by atoms with van der Waals surface area (Å²) in [5.41, 5.74) is -1.85. The molecule has 4 rings (SSSR count). The maximum atomic E-state index is 13.8. The summed E-state index contributed by atoms with van der Waals surface area (Å²) in [6, 6.07) is 4.84. The van der Waals surface area contributed by atoms with E-state index in [0.29, 0.717) is 29.0 Å². The average molecular weight is 501 g/mol. The summed E-state index contributed by atoms with van der Waals surface area (Å²) in [7, 11) is 0. The molecule has 35 heavy (non-hydrogen) atoms. The van der Waals surface area contributed by atoms with Crippen molar-refractivity contribution in [1.29, 1.82) is 0 Å². The van der Waals surface area contributed by atoms with Crippen molar-refractivity contribution in [1.82, 2.24) is 4.98 Å². The lowest BCUT2D eigenvalue weighted by molar-refractivity contribution is -0.145. The Morgan fingerprint density at radius 3 is 2.17 bits per heavy atom. The number of H-pyrrole nitrogens is 1. The van der Waals surface area contributed by atoms with Crippen LogP contribution in [0.25, 0.3) is 10.9 Å². The number of carboxylic acid groups (broad SMARTS) is 1. The number of aliphatic carboxylic acids is 1. The number of carboxylic acids is 1. The molecule has 0 saturated heterocycles. The van der Waals surface area contributed by atoms with Crippen LogP contribution in [0.2, 0.25) is 0 Å². The van der Waals surface area contributed by atoms with E-state index in [0.717, 1.165) is 37.7 Å². The Kier molecular flexibility index (Phi) is 6.61. The monoisotopic (exact) mass is 501 g/mol. The number of aromatic amines is 1. The van der Waals surface area contributed by atoms with E-state index in [2.05, 4.69) is 9.72 Å². The molecule has 1 fully saturated rings. The molecule has 1 aromatic heterocycles. The highest BCUT2D eigenvalue weighted by Gasteiger charge is 2.43. The summed E-state index contributed by atoms with van der Waals surface area (Å²) in [5, 5.41) is 9.33. The summed E-state index contributed by atoms with van der Waals surface area (Å²) in [6.07, 6.45) is -3.51. The first kappa shape index (κ1) is 24.7. The molecular formula is C24H21F6NO4. The van der Waals surface area contributed by atoms with Gasteiger partial charge in [-0.15, -0.1) is 0 Å². The topological polar surface area (TPSA) is 71.6 Å². The number of nitrogens with one attached hydrogen (secondary N) is 1. The van der Waals surface area contributed by atoms with Crippen molar-refractivity contribution < 1.29 is 45.7 Å². The van der Waals surface area contributed by atoms with E-state index in [-0.39, 0.29) is 5.75 Å². The molecule has 0 amide bonds. The first-order chi connectivity index (χ1) is 16.4. The number of carbonyl (C=O) groups is 1. The van der Waals surface area contributed by atoms with Gasteiger partial charge >= 0.3 is 18.3 Å². The molecule has 0 atom stereocenters. The van der Waals surface area contributed by atoms with Crippen molar-refractivity contribution in [2.45, 2.75) is 44.5 Å². The molecule has 0 unspecified atom stereocenters. The zero-order valence-corrected chi connectivity index (χ0v) is 18.2. The summed E-state index contributed by atoms with van der Waals surface area (Å²) < 4.78 is 92.5. The number of alkyl halides is 6. The SMILES string of the molecule is O=C(O)COc1cc(C(F)(F)F)c(Oc2ccc3[nH]cc(CC4CCCC4)c3c2)c(C(F)(F)F)c1. The minimum atomic E-state index is -5.23. The first-order valence-corrected chi connectivity index (χ1v) is 10.9. The van der Waals surface area contributed by atoms with Crippen LogP contribution in [-0.4, -0.2) is 22.7 Å². The van der Waals surface area contributed by atoms with E-state index in [1.54, 1.807) is 6.20 Å². The van der Waals surface area contributed by atoms with Crippen molar-refractivity contribution in [2.75, 3.05) is 6.61 Å². The molecule has 5 nitrogen and oxygen atoms in total. The third kappa shape index (κ3) is 5.66. The molecule has 0 aliphatic heterocycles. The molecule has 11 heteroatoms. The number of fused-ring (bicyclic) bond motifs is 1. The fourth-order valence-corrected chi connectivity index (χ4v) is 4.40. The lowest BCUT2D eigenvalue weighted by Crippen LogP contribution is -2.16. The van der Waals surface area contributed by atoms with Gasteiger partial charge in [-0.1, -0.05) is 25.7 Å². The molecule has 2 aromatic carbocycles. The number of aromatic nitrogens is 1. The number of ether oxygens (including phenoxy) is 2. The lowest BCUT2D eigenvalue weighted by atomic mass is 9.97. The van der Waals surface area contributed by atoms with Crippen molar-refractivity contribution in [3.05, 3.63) is 53.2 Å². The summed E-state index contributed by atoms with van der Waals surface area (Å²) >= 11 is 0. The molecule has 0 bridgehead atoms. The van der Waals surface area contributed by atoms with Crippen LogP contribution >= 0.6 is 0 Å². The highest BCUT2D eigenvalue weighted by Crippen LogP contribution is 2.48. The summed E-state index contributed by atoms with van der Waals surface area (Å²) in [6.45, 7) is -1.11. The van der Waals surface area contributed by atoms with Gasteiger partial charge in [0.05, 0.1) is 0 Å². The smallest absolute Gasteiger partial charge is 0.420 e. The third-order valence-electron chi connectivity index (χ3n) is 5.98. The van der Waals surface area contributed by atoms with E-state index in [4.69, 9.17) is 9.84 Å². The van der Waals surface area contributed by atoms with Crippen molar-refractivity contribution in [3.8, 4) is 17.2 Å². The van der Waals surface area contributed by atoms with Gasteiger partial charge in [0.25, 0.3) is 0 Å².